The van der Waals surface area contributed by atoms with E-state index < -0.39 is 5.60 Å². The molecule has 0 saturated carbocycles. The van der Waals surface area contributed by atoms with Gasteiger partial charge in [-0.15, -0.1) is 0 Å². The van der Waals surface area contributed by atoms with Crippen LogP contribution < -0.4 is 0 Å². The second-order valence-electron chi connectivity index (χ2n) is 7.16. The summed E-state index contributed by atoms with van der Waals surface area (Å²) < 4.78 is 5.40. The lowest BCUT2D eigenvalue weighted by atomic mass is 10.1. The van der Waals surface area contributed by atoms with Crippen LogP contribution in [0.15, 0.2) is 16.8 Å². The molecule has 6 heteroatoms. The molecule has 0 spiro atoms. The number of carbonyl (C=O) groups excluding carboxylic acids is 2. The van der Waals surface area contributed by atoms with Gasteiger partial charge in [-0.25, -0.2) is 4.79 Å². The highest BCUT2D eigenvalue weighted by molar-refractivity contribution is 7.07. The molecule has 0 unspecified atom stereocenters. The van der Waals surface area contributed by atoms with E-state index in [1.807, 2.05) is 44.6 Å². The summed E-state index contributed by atoms with van der Waals surface area (Å²) in [4.78, 5) is 27.8. The van der Waals surface area contributed by atoms with E-state index in [1.165, 1.54) is 0 Å². The predicted molar refractivity (Wildman–Crippen MR) is 91.6 cm³/mol. The van der Waals surface area contributed by atoms with Crippen LogP contribution in [0.2, 0.25) is 0 Å². The van der Waals surface area contributed by atoms with Crippen molar-refractivity contribution in [1.29, 1.82) is 0 Å². The van der Waals surface area contributed by atoms with Gasteiger partial charge in [-0.3, -0.25) is 4.79 Å². The molecular formula is C17H26N2O3S. The van der Waals surface area contributed by atoms with E-state index in [9.17, 15) is 9.59 Å². The maximum atomic E-state index is 12.2. The van der Waals surface area contributed by atoms with Gasteiger partial charge < -0.3 is 14.5 Å². The SMILES string of the molecule is CN(C[C@H]1CCN(C(=O)OC(C)(C)C)C1)C(=O)Cc1ccsc1. The molecule has 1 aromatic rings. The highest BCUT2D eigenvalue weighted by Gasteiger charge is 2.30. The molecular weight excluding hydrogens is 312 g/mol. The van der Waals surface area contributed by atoms with Crippen molar-refractivity contribution in [2.45, 2.75) is 39.2 Å². The van der Waals surface area contributed by atoms with Crippen molar-refractivity contribution >= 4 is 23.3 Å². The summed E-state index contributed by atoms with van der Waals surface area (Å²) in [6, 6.07) is 1.98. The monoisotopic (exact) mass is 338 g/mol. The van der Waals surface area contributed by atoms with Gasteiger partial charge >= 0.3 is 6.09 Å². The van der Waals surface area contributed by atoms with Gasteiger partial charge in [0, 0.05) is 26.7 Å². The Labute approximate surface area is 142 Å². The fraction of sp³-hybridized carbons (Fsp3) is 0.647. The molecule has 128 valence electrons. The first-order valence-corrected chi connectivity index (χ1v) is 8.92. The Hall–Kier alpha value is -1.56. The van der Waals surface area contributed by atoms with Gasteiger partial charge in [0.15, 0.2) is 0 Å². The first-order chi connectivity index (χ1) is 10.7. The number of rotatable bonds is 4. The molecule has 0 aromatic carbocycles. The number of likely N-dealkylation sites (tertiary alicyclic amines) is 1. The molecule has 2 amide bonds. The van der Waals surface area contributed by atoms with Crippen LogP contribution in [0.5, 0.6) is 0 Å². The van der Waals surface area contributed by atoms with Crippen molar-refractivity contribution in [3.63, 3.8) is 0 Å². The molecule has 2 rings (SSSR count). The number of amides is 2. The van der Waals surface area contributed by atoms with Gasteiger partial charge in [0.1, 0.15) is 5.60 Å². The summed E-state index contributed by atoms with van der Waals surface area (Å²) in [5.41, 5.74) is 0.594. The van der Waals surface area contributed by atoms with Crippen LogP contribution in [0.4, 0.5) is 4.79 Å². The number of hydrogen-bond acceptors (Lipinski definition) is 4. The van der Waals surface area contributed by atoms with E-state index in [-0.39, 0.29) is 12.0 Å². The van der Waals surface area contributed by atoms with Crippen molar-refractivity contribution in [3.8, 4) is 0 Å². The van der Waals surface area contributed by atoms with Crippen LogP contribution in [0.25, 0.3) is 0 Å². The molecule has 0 N–H and O–H groups in total. The first-order valence-electron chi connectivity index (χ1n) is 7.97. The van der Waals surface area contributed by atoms with E-state index in [2.05, 4.69) is 0 Å². The number of carbonyl (C=O) groups is 2. The molecule has 1 saturated heterocycles. The van der Waals surface area contributed by atoms with E-state index in [1.54, 1.807) is 21.1 Å². The van der Waals surface area contributed by atoms with Gasteiger partial charge in [-0.1, -0.05) is 0 Å². The van der Waals surface area contributed by atoms with E-state index in [0.29, 0.717) is 32.0 Å². The minimum Gasteiger partial charge on any atom is -0.444 e. The number of nitrogens with zero attached hydrogens (tertiary/aromatic N) is 2. The Bertz CT molecular complexity index is 537. The quantitative estimate of drug-likeness (QED) is 0.848. The Balaban J connectivity index is 1.78. The van der Waals surface area contributed by atoms with Crippen LogP contribution in [-0.4, -0.2) is 54.1 Å². The maximum absolute atomic E-state index is 12.2. The molecule has 0 bridgehead atoms. The normalized spacial score (nSPS) is 18.1. The third kappa shape index (κ3) is 5.53. The molecule has 0 aliphatic carbocycles. The predicted octanol–water partition coefficient (Wildman–Crippen LogP) is 3.01. The van der Waals surface area contributed by atoms with E-state index in [0.717, 1.165) is 12.0 Å². The fourth-order valence-electron chi connectivity index (χ4n) is 2.67. The zero-order valence-electron chi connectivity index (χ0n) is 14.4. The maximum Gasteiger partial charge on any atom is 0.410 e. The molecule has 0 radical (unpaired) electrons. The van der Waals surface area contributed by atoms with Crippen LogP contribution in [0.3, 0.4) is 0 Å². The minimum absolute atomic E-state index is 0.124. The number of hydrogen-bond donors (Lipinski definition) is 0. The molecule has 1 fully saturated rings. The Morgan fingerprint density at radius 3 is 2.78 bits per heavy atom. The van der Waals surface area contributed by atoms with Crippen LogP contribution in [-0.2, 0) is 16.0 Å². The standard InChI is InChI=1S/C17H26N2O3S/c1-17(2,3)22-16(21)19-7-5-14(11-19)10-18(4)15(20)9-13-6-8-23-12-13/h6,8,12,14H,5,7,9-11H2,1-4H3/t14-/m1/s1. The van der Waals surface area contributed by atoms with Crippen molar-refractivity contribution in [3.05, 3.63) is 22.4 Å². The summed E-state index contributed by atoms with van der Waals surface area (Å²) in [6.45, 7) is 7.65. The van der Waals surface area contributed by atoms with Crippen LogP contribution >= 0.6 is 11.3 Å². The Morgan fingerprint density at radius 2 is 2.17 bits per heavy atom. The van der Waals surface area contributed by atoms with Gasteiger partial charge in [0.25, 0.3) is 0 Å². The topological polar surface area (TPSA) is 49.9 Å². The Kier molecular flexibility index (Phi) is 5.68. The molecule has 1 aliphatic rings. The first kappa shape index (κ1) is 17.8. The summed E-state index contributed by atoms with van der Waals surface area (Å²) in [6.07, 6.45) is 1.10. The van der Waals surface area contributed by atoms with Crippen LogP contribution in [0, 0.1) is 5.92 Å². The third-order valence-electron chi connectivity index (χ3n) is 3.83. The summed E-state index contributed by atoms with van der Waals surface area (Å²) in [5.74, 6) is 0.443. The lowest BCUT2D eigenvalue weighted by Gasteiger charge is -2.25. The summed E-state index contributed by atoms with van der Waals surface area (Å²) >= 11 is 1.61. The lowest BCUT2D eigenvalue weighted by molar-refractivity contribution is -0.129. The number of likely N-dealkylation sites (N-methyl/N-ethyl adjacent to an activating group) is 1. The molecule has 1 aliphatic heterocycles. The van der Waals surface area contributed by atoms with Crippen molar-refractivity contribution in [2.24, 2.45) is 5.92 Å². The molecule has 2 heterocycles. The third-order valence-corrected chi connectivity index (χ3v) is 4.56. The summed E-state index contributed by atoms with van der Waals surface area (Å²) in [7, 11) is 1.84. The van der Waals surface area contributed by atoms with E-state index in [4.69, 9.17) is 4.74 Å². The highest BCUT2D eigenvalue weighted by Crippen LogP contribution is 2.20. The largest absolute Gasteiger partial charge is 0.444 e. The molecule has 1 atom stereocenters. The van der Waals surface area contributed by atoms with Crippen molar-refractivity contribution < 1.29 is 14.3 Å². The summed E-state index contributed by atoms with van der Waals surface area (Å²) in [5, 5.41) is 3.99. The number of thiophene rings is 1. The lowest BCUT2D eigenvalue weighted by Crippen LogP contribution is -2.37. The van der Waals surface area contributed by atoms with Gasteiger partial charge in [0.05, 0.1) is 6.42 Å². The van der Waals surface area contributed by atoms with Crippen molar-refractivity contribution in [1.82, 2.24) is 9.80 Å². The van der Waals surface area contributed by atoms with Gasteiger partial charge in [-0.2, -0.15) is 11.3 Å². The van der Waals surface area contributed by atoms with Crippen LogP contribution in [0.1, 0.15) is 32.8 Å². The highest BCUT2D eigenvalue weighted by atomic mass is 32.1. The average Bonchev–Trinajstić information content (AvgIpc) is 3.08. The van der Waals surface area contributed by atoms with Gasteiger partial charge in [0.2, 0.25) is 5.91 Å². The minimum atomic E-state index is -0.470. The Morgan fingerprint density at radius 1 is 1.43 bits per heavy atom. The zero-order chi connectivity index (χ0) is 17.0. The zero-order valence-corrected chi connectivity index (χ0v) is 15.2. The smallest absolute Gasteiger partial charge is 0.410 e. The second kappa shape index (κ2) is 7.34. The number of ether oxygens (including phenoxy) is 1. The van der Waals surface area contributed by atoms with Crippen molar-refractivity contribution in [2.75, 3.05) is 26.7 Å². The average molecular weight is 338 g/mol. The molecule has 5 nitrogen and oxygen atoms in total. The van der Waals surface area contributed by atoms with E-state index >= 15 is 0 Å². The fourth-order valence-corrected chi connectivity index (χ4v) is 3.33. The second-order valence-corrected chi connectivity index (χ2v) is 7.94. The molecule has 23 heavy (non-hydrogen) atoms. The van der Waals surface area contributed by atoms with Gasteiger partial charge in [-0.05, 0) is 55.5 Å². The molecule has 1 aromatic heterocycles.